The van der Waals surface area contributed by atoms with Crippen molar-refractivity contribution < 1.29 is 4.79 Å². The van der Waals surface area contributed by atoms with Crippen LogP contribution < -0.4 is 5.32 Å². The van der Waals surface area contributed by atoms with Crippen molar-refractivity contribution in [2.24, 2.45) is 0 Å². The van der Waals surface area contributed by atoms with Crippen molar-refractivity contribution in [3.05, 3.63) is 81.0 Å². The molecule has 0 aliphatic heterocycles. The van der Waals surface area contributed by atoms with Gasteiger partial charge in [0.05, 0.1) is 5.75 Å². The first-order valence-electron chi connectivity index (χ1n) is 11.9. The number of carbonyl (C=O) groups is 1. The van der Waals surface area contributed by atoms with Gasteiger partial charge in [-0.05, 0) is 48.7 Å². The van der Waals surface area contributed by atoms with Gasteiger partial charge in [0.25, 0.3) is 0 Å². The molecule has 1 saturated carbocycles. The van der Waals surface area contributed by atoms with Crippen molar-refractivity contribution in [2.45, 2.75) is 49.6 Å². The van der Waals surface area contributed by atoms with Crippen LogP contribution in [0.4, 0.5) is 5.13 Å². The van der Waals surface area contributed by atoms with Gasteiger partial charge in [-0.15, -0.1) is 21.5 Å². The highest BCUT2D eigenvalue weighted by atomic mass is 35.5. The number of hydrogen-bond acceptors (Lipinski definition) is 6. The van der Waals surface area contributed by atoms with E-state index in [4.69, 9.17) is 23.2 Å². The van der Waals surface area contributed by atoms with Crippen LogP contribution in [0.3, 0.4) is 0 Å². The molecule has 2 aromatic heterocycles. The number of carbonyl (C=O) groups excluding carboxylic acids is 1. The van der Waals surface area contributed by atoms with E-state index < -0.39 is 0 Å². The van der Waals surface area contributed by atoms with Crippen LogP contribution in [0.25, 0.3) is 5.69 Å². The summed E-state index contributed by atoms with van der Waals surface area (Å²) in [6, 6.07) is 15.5. The third-order valence-electron chi connectivity index (χ3n) is 6.15. The highest BCUT2D eigenvalue weighted by Crippen LogP contribution is 2.35. The second-order valence-corrected chi connectivity index (χ2v) is 11.6. The van der Waals surface area contributed by atoms with E-state index in [1.165, 1.54) is 42.4 Å². The normalized spacial score (nSPS) is 14.2. The van der Waals surface area contributed by atoms with Crippen molar-refractivity contribution in [3.8, 4) is 5.69 Å². The zero-order valence-electron chi connectivity index (χ0n) is 19.5. The Morgan fingerprint density at radius 2 is 1.89 bits per heavy atom. The van der Waals surface area contributed by atoms with Crippen molar-refractivity contribution in [2.75, 3.05) is 11.1 Å². The first-order valence-corrected chi connectivity index (χ1v) is 14.4. The van der Waals surface area contributed by atoms with Crippen molar-refractivity contribution in [1.82, 2.24) is 19.7 Å². The number of rotatable bonds is 8. The molecule has 1 amide bonds. The monoisotopic (exact) mass is 557 g/mol. The molecule has 2 heterocycles. The highest BCUT2D eigenvalue weighted by molar-refractivity contribution is 7.99. The number of para-hydroxylation sites is 1. The van der Waals surface area contributed by atoms with Crippen molar-refractivity contribution in [3.63, 3.8) is 0 Å². The largest absolute Gasteiger partial charge is 0.301 e. The van der Waals surface area contributed by atoms with Gasteiger partial charge in [-0.25, -0.2) is 4.98 Å². The molecule has 186 valence electrons. The van der Waals surface area contributed by atoms with Gasteiger partial charge in [0, 0.05) is 39.1 Å². The van der Waals surface area contributed by atoms with Gasteiger partial charge in [-0.2, -0.15) is 0 Å². The third kappa shape index (κ3) is 6.11. The Labute approximate surface area is 228 Å². The maximum Gasteiger partial charge on any atom is 0.236 e. The summed E-state index contributed by atoms with van der Waals surface area (Å²) >= 11 is 15.2. The van der Waals surface area contributed by atoms with Gasteiger partial charge in [0.15, 0.2) is 10.3 Å². The summed E-state index contributed by atoms with van der Waals surface area (Å²) in [5.41, 5.74) is 1.95. The molecule has 36 heavy (non-hydrogen) atoms. The summed E-state index contributed by atoms with van der Waals surface area (Å²) in [6.45, 7) is 0. The van der Waals surface area contributed by atoms with Gasteiger partial charge in [0.2, 0.25) is 5.91 Å². The smallest absolute Gasteiger partial charge is 0.236 e. The van der Waals surface area contributed by atoms with Crippen LogP contribution in [-0.4, -0.2) is 31.4 Å². The second kappa shape index (κ2) is 11.8. The van der Waals surface area contributed by atoms with Gasteiger partial charge < -0.3 is 5.32 Å². The first kappa shape index (κ1) is 25.3. The lowest BCUT2D eigenvalue weighted by molar-refractivity contribution is -0.113. The SMILES string of the molecule is O=C(CSc1nnc(C2CCCCC2)n1-c1ccccc1)Nc1ncc(Cc2cc(Cl)ccc2Cl)s1. The van der Waals surface area contributed by atoms with Crippen molar-refractivity contribution in [1.29, 1.82) is 0 Å². The van der Waals surface area contributed by atoms with E-state index >= 15 is 0 Å². The molecule has 0 saturated heterocycles. The van der Waals surface area contributed by atoms with Gasteiger partial charge in [0.1, 0.15) is 5.82 Å². The number of halogens is 2. The molecule has 5 rings (SSSR count). The summed E-state index contributed by atoms with van der Waals surface area (Å²) in [5, 5.41) is 14.5. The topological polar surface area (TPSA) is 72.7 Å². The summed E-state index contributed by atoms with van der Waals surface area (Å²) in [5.74, 6) is 1.47. The first-order chi connectivity index (χ1) is 17.6. The molecule has 1 fully saturated rings. The van der Waals surface area contributed by atoms with E-state index in [0.29, 0.717) is 27.5 Å². The molecule has 0 radical (unpaired) electrons. The molecule has 4 aromatic rings. The maximum absolute atomic E-state index is 12.7. The number of hydrogen-bond donors (Lipinski definition) is 1. The number of benzene rings is 2. The average Bonchev–Trinajstić information content (AvgIpc) is 3.53. The fraction of sp³-hybridized carbons (Fsp3) is 0.308. The Kier molecular flexibility index (Phi) is 8.26. The molecule has 0 bridgehead atoms. The molecule has 1 N–H and O–H groups in total. The number of nitrogens with zero attached hydrogens (tertiary/aromatic N) is 4. The van der Waals surface area contributed by atoms with Crippen LogP contribution in [0.5, 0.6) is 0 Å². The molecule has 0 atom stereocenters. The quantitative estimate of drug-likeness (QED) is 0.228. The Morgan fingerprint density at radius 1 is 1.08 bits per heavy atom. The lowest BCUT2D eigenvalue weighted by atomic mass is 9.88. The molecular formula is C26H25Cl2N5OS2. The van der Waals surface area contributed by atoms with E-state index in [0.717, 1.165) is 40.0 Å². The van der Waals surface area contributed by atoms with Crippen LogP contribution in [-0.2, 0) is 11.2 Å². The third-order valence-corrected chi connectivity index (χ3v) is 8.59. The minimum atomic E-state index is -0.136. The van der Waals surface area contributed by atoms with Gasteiger partial charge in [-0.3, -0.25) is 9.36 Å². The molecule has 10 heteroatoms. The average molecular weight is 559 g/mol. The molecule has 6 nitrogen and oxygen atoms in total. The number of nitrogens with one attached hydrogen (secondary N) is 1. The lowest BCUT2D eigenvalue weighted by Crippen LogP contribution is -2.15. The minimum Gasteiger partial charge on any atom is -0.301 e. The molecule has 0 unspecified atom stereocenters. The summed E-state index contributed by atoms with van der Waals surface area (Å²) in [6.07, 6.45) is 8.33. The van der Waals surface area contributed by atoms with Gasteiger partial charge in [-0.1, -0.05) is 72.4 Å². The van der Waals surface area contributed by atoms with E-state index in [-0.39, 0.29) is 11.7 Å². The van der Waals surface area contributed by atoms with Crippen LogP contribution in [0.2, 0.25) is 10.0 Å². The van der Waals surface area contributed by atoms with E-state index in [1.807, 2.05) is 24.3 Å². The number of anilines is 1. The van der Waals surface area contributed by atoms with E-state index in [9.17, 15) is 4.79 Å². The number of thioether (sulfide) groups is 1. The van der Waals surface area contributed by atoms with E-state index in [1.54, 1.807) is 18.3 Å². The van der Waals surface area contributed by atoms with Crippen LogP contribution >= 0.6 is 46.3 Å². The minimum absolute atomic E-state index is 0.136. The summed E-state index contributed by atoms with van der Waals surface area (Å²) in [4.78, 5) is 18.1. The predicted octanol–water partition coefficient (Wildman–Crippen LogP) is 7.40. The molecular weight excluding hydrogens is 533 g/mol. The fourth-order valence-electron chi connectivity index (χ4n) is 4.42. The van der Waals surface area contributed by atoms with Crippen molar-refractivity contribution >= 4 is 57.3 Å². The van der Waals surface area contributed by atoms with Crippen LogP contribution in [0, 0.1) is 0 Å². The van der Waals surface area contributed by atoms with Crippen LogP contribution in [0.15, 0.2) is 59.9 Å². The molecule has 1 aliphatic carbocycles. The van der Waals surface area contributed by atoms with Gasteiger partial charge >= 0.3 is 0 Å². The summed E-state index contributed by atoms with van der Waals surface area (Å²) < 4.78 is 2.12. The number of aromatic nitrogens is 4. The fourth-order valence-corrected chi connectivity index (χ4v) is 6.41. The second-order valence-electron chi connectivity index (χ2n) is 8.73. The predicted molar refractivity (Wildman–Crippen MR) is 148 cm³/mol. The zero-order valence-corrected chi connectivity index (χ0v) is 22.6. The Bertz CT molecular complexity index is 1340. The standard InChI is InChI=1S/C26H25Cl2N5OS2/c27-19-11-12-22(28)18(13-19)14-21-15-29-25(36-21)30-23(34)16-35-26-32-31-24(17-7-3-1-4-8-17)33(26)20-9-5-2-6-10-20/h2,5-6,9-13,15,17H,1,3-4,7-8,14,16H2,(H,29,30,34). The molecule has 2 aromatic carbocycles. The lowest BCUT2D eigenvalue weighted by Gasteiger charge is -2.22. The zero-order chi connectivity index (χ0) is 24.9. The highest BCUT2D eigenvalue weighted by Gasteiger charge is 2.24. The van der Waals surface area contributed by atoms with E-state index in [2.05, 4.69) is 37.2 Å². The number of thiazole rings is 1. The Morgan fingerprint density at radius 3 is 2.69 bits per heavy atom. The Hall–Kier alpha value is -2.39. The number of amides is 1. The molecule has 0 spiro atoms. The molecule has 1 aliphatic rings. The van der Waals surface area contributed by atoms with Crippen LogP contribution in [0.1, 0.15) is 54.3 Å². The summed E-state index contributed by atoms with van der Waals surface area (Å²) in [7, 11) is 0. The Balaban J connectivity index is 1.25. The maximum atomic E-state index is 12.7.